The van der Waals surface area contributed by atoms with Crippen molar-refractivity contribution >= 4 is 17.5 Å². The predicted molar refractivity (Wildman–Crippen MR) is 58.9 cm³/mol. The fraction of sp³-hybridized carbons (Fsp3) is 0.0909. The maximum absolute atomic E-state index is 11.9. The van der Waals surface area contributed by atoms with E-state index in [1.807, 2.05) is 0 Å². The van der Waals surface area contributed by atoms with Crippen molar-refractivity contribution in [3.8, 4) is 0 Å². The van der Waals surface area contributed by atoms with Gasteiger partial charge in [-0.1, -0.05) is 23.7 Å². The lowest BCUT2D eigenvalue weighted by Gasteiger charge is -2.03. The highest BCUT2D eigenvalue weighted by Gasteiger charge is 2.16. The van der Waals surface area contributed by atoms with Crippen molar-refractivity contribution in [2.75, 3.05) is 0 Å². The molecule has 82 valence electrons. The van der Waals surface area contributed by atoms with Gasteiger partial charge in [0.2, 0.25) is 0 Å². The number of benzene rings is 1. The second-order valence-electron chi connectivity index (χ2n) is 3.28. The number of rotatable bonds is 1. The molecule has 0 saturated heterocycles. The largest absolute Gasteiger partial charge is 0.358 e. The molecule has 16 heavy (non-hydrogen) atoms. The highest BCUT2D eigenvalue weighted by molar-refractivity contribution is 6.33. The fourth-order valence-electron chi connectivity index (χ4n) is 1.36. The minimum absolute atomic E-state index is 0.298. The summed E-state index contributed by atoms with van der Waals surface area (Å²) < 4.78 is 5.67. The number of halogens is 1. The van der Waals surface area contributed by atoms with E-state index in [9.17, 15) is 9.59 Å². The Kier molecular flexibility index (Phi) is 2.66. The number of hydrogen-bond donors (Lipinski definition) is 0. The molecule has 1 aromatic heterocycles. The molecule has 0 amide bonds. The standard InChI is InChI=1S/C11H8ClNO3/c1-7-6-10(14)16-13(7)11(15)8-4-2-3-5-9(8)12/h2-6H,1H3. The molecule has 0 unspecified atom stereocenters. The summed E-state index contributed by atoms with van der Waals surface area (Å²) in [4.78, 5) is 22.9. The summed E-state index contributed by atoms with van der Waals surface area (Å²) in [5.74, 6) is -0.454. The summed E-state index contributed by atoms with van der Waals surface area (Å²) in [7, 11) is 0. The molecule has 0 atom stereocenters. The van der Waals surface area contributed by atoms with Crippen LogP contribution < -0.4 is 5.63 Å². The van der Waals surface area contributed by atoms with Crippen LogP contribution in [0, 0.1) is 6.92 Å². The molecule has 2 aromatic rings. The van der Waals surface area contributed by atoms with Crippen LogP contribution in [-0.4, -0.2) is 10.6 Å². The predicted octanol–water partition coefficient (Wildman–Crippen LogP) is 2.09. The van der Waals surface area contributed by atoms with Crippen LogP contribution in [-0.2, 0) is 0 Å². The van der Waals surface area contributed by atoms with E-state index in [4.69, 9.17) is 16.1 Å². The minimum Gasteiger partial charge on any atom is -0.328 e. The van der Waals surface area contributed by atoms with Crippen molar-refractivity contribution in [2.24, 2.45) is 0 Å². The van der Waals surface area contributed by atoms with E-state index in [2.05, 4.69) is 0 Å². The van der Waals surface area contributed by atoms with Crippen molar-refractivity contribution in [3.05, 3.63) is 57.0 Å². The van der Waals surface area contributed by atoms with Gasteiger partial charge in [-0.15, -0.1) is 4.74 Å². The van der Waals surface area contributed by atoms with Crippen molar-refractivity contribution in [1.29, 1.82) is 0 Å². The van der Waals surface area contributed by atoms with E-state index in [1.165, 1.54) is 6.07 Å². The SMILES string of the molecule is Cc1cc(=O)on1C(=O)c1ccccc1Cl. The number of hydrogen-bond acceptors (Lipinski definition) is 3. The van der Waals surface area contributed by atoms with Gasteiger partial charge in [-0.2, -0.15) is 0 Å². The lowest BCUT2D eigenvalue weighted by Crippen LogP contribution is -2.13. The van der Waals surface area contributed by atoms with E-state index in [-0.39, 0.29) is 0 Å². The van der Waals surface area contributed by atoms with Crippen LogP contribution in [0.15, 0.2) is 39.6 Å². The molecule has 0 bridgehead atoms. The molecule has 0 spiro atoms. The Bertz CT molecular complexity index is 597. The first-order valence-corrected chi connectivity index (χ1v) is 4.96. The summed E-state index contributed by atoms with van der Waals surface area (Å²) >= 11 is 5.87. The van der Waals surface area contributed by atoms with Crippen LogP contribution >= 0.6 is 11.6 Å². The highest BCUT2D eigenvalue weighted by Crippen LogP contribution is 2.16. The lowest BCUT2D eigenvalue weighted by atomic mass is 10.2. The first-order chi connectivity index (χ1) is 7.59. The molecule has 0 aliphatic carbocycles. The van der Waals surface area contributed by atoms with Gasteiger partial charge in [0.25, 0.3) is 5.91 Å². The first kappa shape index (κ1) is 10.7. The number of nitrogens with zero attached hydrogens (tertiary/aromatic N) is 1. The first-order valence-electron chi connectivity index (χ1n) is 4.59. The summed E-state index contributed by atoms with van der Waals surface area (Å²) in [5.41, 5.74) is 0.180. The van der Waals surface area contributed by atoms with Gasteiger partial charge >= 0.3 is 5.63 Å². The van der Waals surface area contributed by atoms with Crippen LogP contribution in [0.2, 0.25) is 5.02 Å². The zero-order valence-corrected chi connectivity index (χ0v) is 9.19. The van der Waals surface area contributed by atoms with Crippen LogP contribution in [0.1, 0.15) is 16.1 Å². The number of aryl methyl sites for hydroxylation is 1. The van der Waals surface area contributed by atoms with E-state index in [1.54, 1.807) is 31.2 Å². The van der Waals surface area contributed by atoms with Gasteiger partial charge in [0.1, 0.15) is 0 Å². The van der Waals surface area contributed by atoms with Crippen molar-refractivity contribution in [3.63, 3.8) is 0 Å². The Balaban J connectivity index is 2.51. The van der Waals surface area contributed by atoms with Gasteiger partial charge in [0.15, 0.2) is 0 Å². The molecular weight excluding hydrogens is 230 g/mol. The van der Waals surface area contributed by atoms with E-state index in [0.717, 1.165) is 4.74 Å². The molecule has 1 heterocycles. The third kappa shape index (κ3) is 1.79. The average Bonchev–Trinajstić information content (AvgIpc) is 2.58. The Labute approximate surface area is 96.0 Å². The molecule has 1 aromatic carbocycles. The van der Waals surface area contributed by atoms with Crippen LogP contribution in [0.25, 0.3) is 0 Å². The topological polar surface area (TPSA) is 52.2 Å². The van der Waals surface area contributed by atoms with Crippen LogP contribution in [0.5, 0.6) is 0 Å². The lowest BCUT2D eigenvalue weighted by molar-refractivity contribution is 0.0834. The Morgan fingerprint density at radius 2 is 2.06 bits per heavy atom. The van der Waals surface area contributed by atoms with E-state index in [0.29, 0.717) is 16.3 Å². The quantitative estimate of drug-likeness (QED) is 0.763. The molecule has 5 heteroatoms. The Hall–Kier alpha value is -1.81. The number of aromatic nitrogens is 1. The second-order valence-corrected chi connectivity index (χ2v) is 3.68. The summed E-state index contributed by atoms with van der Waals surface area (Å²) in [6.45, 7) is 1.61. The van der Waals surface area contributed by atoms with Crippen molar-refractivity contribution in [1.82, 2.24) is 4.74 Å². The molecule has 2 rings (SSSR count). The Morgan fingerprint density at radius 3 is 2.62 bits per heavy atom. The fourth-order valence-corrected chi connectivity index (χ4v) is 1.58. The third-order valence-corrected chi connectivity index (χ3v) is 2.45. The Morgan fingerprint density at radius 1 is 1.38 bits per heavy atom. The number of carbonyl (C=O) groups excluding carboxylic acids is 1. The van der Waals surface area contributed by atoms with Crippen molar-refractivity contribution < 1.29 is 9.32 Å². The summed E-state index contributed by atoms with van der Waals surface area (Å²) in [6.07, 6.45) is 0. The molecule has 0 aliphatic rings. The number of carbonyl (C=O) groups is 1. The molecule has 0 saturated carbocycles. The normalized spacial score (nSPS) is 10.4. The molecular formula is C11H8ClNO3. The van der Waals surface area contributed by atoms with Gasteiger partial charge in [-0.25, -0.2) is 4.79 Å². The van der Waals surface area contributed by atoms with Gasteiger partial charge in [-0.05, 0) is 19.1 Å². The van der Waals surface area contributed by atoms with E-state index < -0.39 is 11.5 Å². The summed E-state index contributed by atoms with van der Waals surface area (Å²) in [5, 5.41) is 0.322. The van der Waals surface area contributed by atoms with E-state index >= 15 is 0 Å². The molecule has 0 N–H and O–H groups in total. The van der Waals surface area contributed by atoms with Gasteiger partial charge in [0, 0.05) is 6.07 Å². The van der Waals surface area contributed by atoms with Gasteiger partial charge in [0.05, 0.1) is 16.3 Å². The minimum atomic E-state index is -0.557. The zero-order valence-electron chi connectivity index (χ0n) is 8.44. The van der Waals surface area contributed by atoms with Crippen molar-refractivity contribution in [2.45, 2.75) is 6.92 Å². The summed E-state index contributed by atoms with van der Waals surface area (Å²) in [6, 6.07) is 7.83. The molecule has 4 nitrogen and oxygen atoms in total. The molecule has 0 radical (unpaired) electrons. The monoisotopic (exact) mass is 237 g/mol. The van der Waals surface area contributed by atoms with Crippen LogP contribution in [0.4, 0.5) is 0 Å². The molecule has 0 fully saturated rings. The molecule has 0 aliphatic heterocycles. The maximum atomic E-state index is 11.9. The second kappa shape index (κ2) is 3.98. The average molecular weight is 238 g/mol. The highest BCUT2D eigenvalue weighted by atomic mass is 35.5. The van der Waals surface area contributed by atoms with Gasteiger partial charge in [-0.3, -0.25) is 4.79 Å². The van der Waals surface area contributed by atoms with Gasteiger partial charge < -0.3 is 4.52 Å². The zero-order chi connectivity index (χ0) is 11.7. The van der Waals surface area contributed by atoms with Crippen LogP contribution in [0.3, 0.4) is 0 Å². The maximum Gasteiger partial charge on any atom is 0.358 e. The smallest absolute Gasteiger partial charge is 0.328 e. The third-order valence-electron chi connectivity index (χ3n) is 2.12.